The minimum Gasteiger partial charge on any atom is -0.497 e. The zero-order valence-electron chi connectivity index (χ0n) is 17.5. The van der Waals surface area contributed by atoms with Gasteiger partial charge in [0, 0.05) is 36.6 Å². The highest BCUT2D eigenvalue weighted by Gasteiger charge is 2.27. The number of nitrogens with zero attached hydrogens (tertiary/aromatic N) is 5. The molecule has 0 radical (unpaired) electrons. The van der Waals surface area contributed by atoms with E-state index in [1.165, 1.54) is 0 Å². The lowest BCUT2D eigenvalue weighted by atomic mass is 9.97. The molecule has 4 rings (SSSR count). The van der Waals surface area contributed by atoms with E-state index >= 15 is 0 Å². The summed E-state index contributed by atoms with van der Waals surface area (Å²) in [5.74, 6) is 2.16. The summed E-state index contributed by atoms with van der Waals surface area (Å²) in [4.78, 5) is 23.8. The molecule has 2 aromatic heterocycles. The van der Waals surface area contributed by atoms with Gasteiger partial charge in [0.05, 0.1) is 18.7 Å². The quantitative estimate of drug-likeness (QED) is 0.701. The first-order chi connectivity index (χ1) is 14.5. The Labute approximate surface area is 175 Å². The van der Waals surface area contributed by atoms with E-state index in [-0.39, 0.29) is 11.8 Å². The molecule has 1 aliphatic heterocycles. The van der Waals surface area contributed by atoms with Gasteiger partial charge < -0.3 is 15.0 Å². The Morgan fingerprint density at radius 2 is 2.00 bits per heavy atom. The van der Waals surface area contributed by atoms with Crippen molar-refractivity contribution in [3.8, 4) is 11.6 Å². The van der Waals surface area contributed by atoms with E-state index in [1.807, 2.05) is 54.9 Å². The van der Waals surface area contributed by atoms with E-state index in [4.69, 9.17) is 4.74 Å². The molecule has 8 nitrogen and oxygen atoms in total. The van der Waals surface area contributed by atoms with Crippen LogP contribution in [0.15, 0.2) is 42.7 Å². The van der Waals surface area contributed by atoms with Crippen molar-refractivity contribution in [2.75, 3.05) is 30.4 Å². The lowest BCUT2D eigenvalue weighted by molar-refractivity contribution is -0.120. The van der Waals surface area contributed by atoms with Crippen LogP contribution in [0, 0.1) is 19.8 Å². The number of aromatic nitrogens is 4. The van der Waals surface area contributed by atoms with Crippen LogP contribution >= 0.6 is 0 Å². The fourth-order valence-corrected chi connectivity index (χ4v) is 3.83. The molecular weight excluding hydrogens is 380 g/mol. The molecule has 1 N–H and O–H groups in total. The molecule has 1 fully saturated rings. The third-order valence-corrected chi connectivity index (χ3v) is 5.32. The Hall–Kier alpha value is -3.42. The van der Waals surface area contributed by atoms with Crippen molar-refractivity contribution in [2.45, 2.75) is 26.7 Å². The second-order valence-corrected chi connectivity index (χ2v) is 7.58. The molecule has 0 saturated carbocycles. The summed E-state index contributed by atoms with van der Waals surface area (Å²) < 4.78 is 7.05. The van der Waals surface area contributed by atoms with Crippen molar-refractivity contribution in [2.24, 2.45) is 5.92 Å². The van der Waals surface area contributed by atoms with Crippen molar-refractivity contribution in [1.82, 2.24) is 19.7 Å². The minimum atomic E-state index is -0.114. The number of piperidine rings is 1. The molecule has 3 aromatic rings. The van der Waals surface area contributed by atoms with E-state index in [2.05, 4.69) is 25.3 Å². The summed E-state index contributed by atoms with van der Waals surface area (Å²) in [5.41, 5.74) is 2.71. The Kier molecular flexibility index (Phi) is 5.65. The van der Waals surface area contributed by atoms with E-state index in [0.717, 1.165) is 53.8 Å². The van der Waals surface area contributed by atoms with Crippen LogP contribution in [0.3, 0.4) is 0 Å². The molecule has 0 bridgehead atoms. The highest BCUT2D eigenvalue weighted by Crippen LogP contribution is 2.25. The van der Waals surface area contributed by atoms with Crippen LogP contribution in [0.4, 0.5) is 11.5 Å². The van der Waals surface area contributed by atoms with E-state index in [9.17, 15) is 4.79 Å². The summed E-state index contributed by atoms with van der Waals surface area (Å²) in [5, 5.41) is 7.52. The molecule has 0 spiro atoms. The van der Waals surface area contributed by atoms with Crippen molar-refractivity contribution >= 4 is 17.4 Å². The van der Waals surface area contributed by atoms with Crippen LogP contribution in [-0.4, -0.2) is 45.9 Å². The van der Waals surface area contributed by atoms with Gasteiger partial charge in [-0.2, -0.15) is 5.10 Å². The Balaban J connectivity index is 1.48. The van der Waals surface area contributed by atoms with Gasteiger partial charge in [0.2, 0.25) is 5.91 Å². The normalized spacial score (nSPS) is 16.4. The zero-order valence-corrected chi connectivity index (χ0v) is 17.5. The molecule has 1 aromatic carbocycles. The molecule has 1 amide bonds. The summed E-state index contributed by atoms with van der Waals surface area (Å²) in [6, 6.07) is 11.4. The van der Waals surface area contributed by atoms with Crippen molar-refractivity contribution in [3.63, 3.8) is 0 Å². The van der Waals surface area contributed by atoms with Gasteiger partial charge in [0.15, 0.2) is 5.82 Å². The standard InChI is InChI=1S/C22H26N6O2/c1-15-10-16(2)28(26-15)21-12-20(23-14-24-21)27-9-5-6-17(13-27)22(29)25-18-7-4-8-19(11-18)30-3/h4,7-8,10-12,14,17H,5-6,9,13H2,1-3H3,(H,25,29). The van der Waals surface area contributed by atoms with Gasteiger partial charge in [0.1, 0.15) is 17.9 Å². The predicted molar refractivity (Wildman–Crippen MR) is 115 cm³/mol. The number of amides is 1. The molecule has 1 saturated heterocycles. The number of hydrogen-bond acceptors (Lipinski definition) is 6. The van der Waals surface area contributed by atoms with Crippen molar-refractivity contribution in [1.29, 1.82) is 0 Å². The number of carbonyl (C=O) groups is 1. The van der Waals surface area contributed by atoms with Gasteiger partial charge in [-0.05, 0) is 44.9 Å². The number of rotatable bonds is 5. The van der Waals surface area contributed by atoms with Crippen molar-refractivity contribution < 1.29 is 9.53 Å². The SMILES string of the molecule is COc1cccc(NC(=O)C2CCCN(c3cc(-n4nc(C)cc4C)ncn3)C2)c1. The van der Waals surface area contributed by atoms with Gasteiger partial charge in [0.25, 0.3) is 0 Å². The van der Waals surface area contributed by atoms with Crippen LogP contribution < -0.4 is 15.0 Å². The Morgan fingerprint density at radius 3 is 2.77 bits per heavy atom. The summed E-state index contributed by atoms with van der Waals surface area (Å²) >= 11 is 0. The second-order valence-electron chi connectivity index (χ2n) is 7.58. The lowest BCUT2D eigenvalue weighted by Crippen LogP contribution is -2.41. The lowest BCUT2D eigenvalue weighted by Gasteiger charge is -2.33. The highest BCUT2D eigenvalue weighted by molar-refractivity contribution is 5.93. The molecule has 30 heavy (non-hydrogen) atoms. The van der Waals surface area contributed by atoms with Crippen LogP contribution in [-0.2, 0) is 4.79 Å². The van der Waals surface area contributed by atoms with Gasteiger partial charge in [-0.15, -0.1) is 0 Å². The largest absolute Gasteiger partial charge is 0.497 e. The van der Waals surface area contributed by atoms with Crippen LogP contribution in [0.1, 0.15) is 24.2 Å². The van der Waals surface area contributed by atoms with E-state index in [0.29, 0.717) is 6.54 Å². The molecule has 0 aliphatic carbocycles. The minimum absolute atomic E-state index is 0.0146. The first-order valence-electron chi connectivity index (χ1n) is 10.1. The average Bonchev–Trinajstić information content (AvgIpc) is 3.12. The number of methoxy groups -OCH3 is 1. The first kappa shape index (κ1) is 19.9. The van der Waals surface area contributed by atoms with Crippen molar-refractivity contribution in [3.05, 3.63) is 54.1 Å². The van der Waals surface area contributed by atoms with Crippen LogP contribution in [0.2, 0.25) is 0 Å². The summed E-state index contributed by atoms with van der Waals surface area (Å²) in [6.45, 7) is 5.43. The van der Waals surface area contributed by atoms with Gasteiger partial charge >= 0.3 is 0 Å². The number of aryl methyl sites for hydroxylation is 2. The number of anilines is 2. The van der Waals surface area contributed by atoms with Gasteiger partial charge in [-0.1, -0.05) is 6.07 Å². The number of nitrogens with one attached hydrogen (secondary N) is 1. The van der Waals surface area contributed by atoms with E-state index < -0.39 is 0 Å². The van der Waals surface area contributed by atoms with E-state index in [1.54, 1.807) is 13.4 Å². The molecule has 1 atom stereocenters. The predicted octanol–water partition coefficient (Wildman–Crippen LogP) is 3.14. The molecule has 156 valence electrons. The monoisotopic (exact) mass is 406 g/mol. The van der Waals surface area contributed by atoms with Gasteiger partial charge in [-0.25, -0.2) is 14.6 Å². The molecule has 3 heterocycles. The van der Waals surface area contributed by atoms with Crippen LogP contribution in [0.25, 0.3) is 5.82 Å². The number of ether oxygens (including phenoxy) is 1. The average molecular weight is 406 g/mol. The maximum Gasteiger partial charge on any atom is 0.229 e. The number of hydrogen-bond donors (Lipinski definition) is 1. The third-order valence-electron chi connectivity index (χ3n) is 5.32. The van der Waals surface area contributed by atoms with Gasteiger partial charge in [-0.3, -0.25) is 4.79 Å². The maximum absolute atomic E-state index is 12.9. The molecule has 1 aliphatic rings. The number of benzene rings is 1. The summed E-state index contributed by atoms with van der Waals surface area (Å²) in [7, 11) is 1.61. The maximum atomic E-state index is 12.9. The van der Waals surface area contributed by atoms with Crippen LogP contribution in [0.5, 0.6) is 5.75 Å². The Morgan fingerprint density at radius 1 is 1.17 bits per heavy atom. The fraction of sp³-hybridized carbons (Fsp3) is 0.364. The third kappa shape index (κ3) is 4.27. The first-order valence-corrected chi connectivity index (χ1v) is 10.1. The molecule has 1 unspecified atom stereocenters. The number of carbonyl (C=O) groups excluding carboxylic acids is 1. The highest BCUT2D eigenvalue weighted by atomic mass is 16.5. The summed E-state index contributed by atoms with van der Waals surface area (Å²) in [6.07, 6.45) is 3.33. The Bertz CT molecular complexity index is 1050. The zero-order chi connectivity index (χ0) is 21.1. The second kappa shape index (κ2) is 8.52. The smallest absolute Gasteiger partial charge is 0.229 e. The topological polar surface area (TPSA) is 85.2 Å². The fourth-order valence-electron chi connectivity index (χ4n) is 3.83. The molecule has 8 heteroatoms. The molecular formula is C22H26N6O2.